The molecule has 3 rings (SSSR count). The normalized spacial score (nSPS) is 12.3. The zero-order valence-electron chi connectivity index (χ0n) is 11.6. The van der Waals surface area contributed by atoms with E-state index in [9.17, 15) is 8.42 Å². The molecule has 0 spiro atoms. The predicted octanol–water partition coefficient (Wildman–Crippen LogP) is 2.93. The van der Waals surface area contributed by atoms with Crippen LogP contribution >= 0.6 is 11.5 Å². The minimum atomic E-state index is -3.88. The minimum absolute atomic E-state index is 0.200. The molecule has 0 aliphatic heterocycles. The van der Waals surface area contributed by atoms with Gasteiger partial charge in [0.2, 0.25) is 5.69 Å². The van der Waals surface area contributed by atoms with Gasteiger partial charge in [-0.15, -0.1) is 3.96 Å². The molecule has 6 heteroatoms. The lowest BCUT2D eigenvalue weighted by Crippen LogP contribution is -2.32. The molecular formula is C15H16NO3S2+. The Balaban J connectivity index is 2.02. The summed E-state index contributed by atoms with van der Waals surface area (Å²) in [7, 11) is -3.88. The Morgan fingerprint density at radius 1 is 1.19 bits per heavy atom. The fourth-order valence-corrected chi connectivity index (χ4v) is 4.27. The van der Waals surface area contributed by atoms with Crippen LogP contribution in [0.25, 0.3) is 20.9 Å². The van der Waals surface area contributed by atoms with Crippen LogP contribution < -0.4 is 3.96 Å². The standard InChI is InChI=1S/C15H15NO3S2/c1-11-15-13-6-3-2-5-12(13)7-8-14(15)20-16(11)9-4-10-21(17,18)19/h2-3,5-8H,4,9-10H2,1H3/p+1. The van der Waals surface area contributed by atoms with Gasteiger partial charge in [-0.25, -0.2) is 0 Å². The van der Waals surface area contributed by atoms with Gasteiger partial charge in [-0.1, -0.05) is 30.3 Å². The van der Waals surface area contributed by atoms with Gasteiger partial charge in [0, 0.05) is 13.3 Å². The molecule has 0 saturated carbocycles. The van der Waals surface area contributed by atoms with Crippen molar-refractivity contribution in [2.24, 2.45) is 0 Å². The summed E-state index contributed by atoms with van der Waals surface area (Å²) in [5, 5.41) is 3.65. The van der Waals surface area contributed by atoms with E-state index in [0.717, 1.165) is 5.69 Å². The highest BCUT2D eigenvalue weighted by atomic mass is 32.2. The molecule has 0 radical (unpaired) electrons. The molecule has 0 unspecified atom stereocenters. The molecule has 0 saturated heterocycles. The van der Waals surface area contributed by atoms with Gasteiger partial charge < -0.3 is 0 Å². The molecule has 0 fully saturated rings. The maximum Gasteiger partial charge on any atom is 0.265 e. The highest BCUT2D eigenvalue weighted by Gasteiger charge is 2.19. The van der Waals surface area contributed by atoms with E-state index in [2.05, 4.69) is 35.1 Å². The lowest BCUT2D eigenvalue weighted by Gasteiger charge is -1.97. The summed E-state index contributed by atoms with van der Waals surface area (Å²) in [6.45, 7) is 2.65. The third-order valence-electron chi connectivity index (χ3n) is 3.60. The molecule has 110 valence electrons. The van der Waals surface area contributed by atoms with E-state index in [4.69, 9.17) is 4.55 Å². The highest BCUT2D eigenvalue weighted by Crippen LogP contribution is 2.29. The number of hydrogen-bond donors (Lipinski definition) is 1. The number of aromatic nitrogens is 1. The summed E-state index contributed by atoms with van der Waals surface area (Å²) in [6, 6.07) is 12.5. The Bertz CT molecular complexity index is 913. The molecule has 0 amide bonds. The molecule has 1 heterocycles. The Labute approximate surface area is 127 Å². The lowest BCUT2D eigenvalue weighted by molar-refractivity contribution is -0.634. The quantitative estimate of drug-likeness (QED) is 0.593. The van der Waals surface area contributed by atoms with Crippen molar-refractivity contribution >= 4 is 42.5 Å². The maximum atomic E-state index is 10.8. The fraction of sp³-hybridized carbons (Fsp3) is 0.267. The van der Waals surface area contributed by atoms with Gasteiger partial charge >= 0.3 is 0 Å². The van der Waals surface area contributed by atoms with Gasteiger partial charge in [0.1, 0.15) is 16.2 Å². The van der Waals surface area contributed by atoms with Gasteiger partial charge in [0.25, 0.3) is 10.1 Å². The Hall–Kier alpha value is -1.50. The van der Waals surface area contributed by atoms with Crippen LogP contribution in [0.3, 0.4) is 0 Å². The zero-order valence-corrected chi connectivity index (χ0v) is 13.2. The Morgan fingerprint density at radius 2 is 1.95 bits per heavy atom. The van der Waals surface area contributed by atoms with E-state index in [-0.39, 0.29) is 5.75 Å². The summed E-state index contributed by atoms with van der Waals surface area (Å²) in [6.07, 6.45) is 0.412. The second kappa shape index (κ2) is 5.36. The molecule has 3 aromatic rings. The molecule has 0 aliphatic carbocycles. The molecule has 1 N–H and O–H groups in total. The van der Waals surface area contributed by atoms with Crippen LogP contribution in [0.2, 0.25) is 0 Å². The first-order chi connectivity index (χ1) is 9.96. The Morgan fingerprint density at radius 3 is 2.71 bits per heavy atom. The number of aryl methyl sites for hydroxylation is 2. The maximum absolute atomic E-state index is 10.8. The molecule has 0 atom stereocenters. The number of nitrogens with zero attached hydrogens (tertiary/aromatic N) is 1. The van der Waals surface area contributed by atoms with Crippen molar-refractivity contribution < 1.29 is 16.9 Å². The second-order valence-corrected chi connectivity index (χ2v) is 7.71. The van der Waals surface area contributed by atoms with Crippen LogP contribution in [0.5, 0.6) is 0 Å². The summed E-state index contributed by atoms with van der Waals surface area (Å²) in [5.74, 6) is -0.200. The van der Waals surface area contributed by atoms with Crippen LogP contribution in [0, 0.1) is 6.92 Å². The summed E-state index contributed by atoms with van der Waals surface area (Å²) in [4.78, 5) is 0. The molecule has 4 nitrogen and oxygen atoms in total. The van der Waals surface area contributed by atoms with Gasteiger partial charge in [0.15, 0.2) is 6.54 Å². The first kappa shape index (κ1) is 14.4. The SMILES string of the molecule is Cc1c2c(ccc3ccccc32)s[n+]1CCCS(=O)(=O)O. The van der Waals surface area contributed by atoms with Crippen molar-refractivity contribution in [2.45, 2.75) is 19.9 Å². The van der Waals surface area contributed by atoms with E-state index in [1.54, 1.807) is 11.5 Å². The molecular weight excluding hydrogens is 306 g/mol. The van der Waals surface area contributed by atoms with Crippen molar-refractivity contribution in [1.29, 1.82) is 0 Å². The predicted molar refractivity (Wildman–Crippen MR) is 85.3 cm³/mol. The average molecular weight is 322 g/mol. The zero-order chi connectivity index (χ0) is 15.0. The molecule has 0 aliphatic rings. The largest absolute Gasteiger partial charge is 0.286 e. The topological polar surface area (TPSA) is 58.2 Å². The highest BCUT2D eigenvalue weighted by molar-refractivity contribution is 7.85. The second-order valence-electron chi connectivity index (χ2n) is 5.08. The van der Waals surface area contributed by atoms with Crippen LogP contribution in [-0.2, 0) is 16.7 Å². The average Bonchev–Trinajstić information content (AvgIpc) is 2.75. The van der Waals surface area contributed by atoms with Crippen LogP contribution in [0.1, 0.15) is 12.1 Å². The van der Waals surface area contributed by atoms with Crippen molar-refractivity contribution in [3.63, 3.8) is 0 Å². The monoisotopic (exact) mass is 322 g/mol. The summed E-state index contributed by atoms with van der Waals surface area (Å²) < 4.78 is 33.7. The molecule has 1 aromatic heterocycles. The van der Waals surface area contributed by atoms with Crippen molar-refractivity contribution in [3.05, 3.63) is 42.1 Å². The van der Waals surface area contributed by atoms with E-state index in [1.165, 1.54) is 20.9 Å². The van der Waals surface area contributed by atoms with E-state index in [0.29, 0.717) is 13.0 Å². The molecule has 0 bridgehead atoms. The Kier molecular flexibility index (Phi) is 3.69. The first-order valence-corrected chi connectivity index (χ1v) is 9.10. The van der Waals surface area contributed by atoms with E-state index >= 15 is 0 Å². The number of rotatable bonds is 4. The van der Waals surface area contributed by atoms with Gasteiger partial charge in [-0.3, -0.25) is 4.55 Å². The number of benzene rings is 2. The van der Waals surface area contributed by atoms with Crippen molar-refractivity contribution in [1.82, 2.24) is 0 Å². The summed E-state index contributed by atoms with van der Waals surface area (Å²) >= 11 is 1.63. The fourth-order valence-electron chi connectivity index (χ4n) is 2.62. The lowest BCUT2D eigenvalue weighted by atomic mass is 10.1. The number of fused-ring (bicyclic) bond motifs is 3. The van der Waals surface area contributed by atoms with E-state index < -0.39 is 10.1 Å². The molecule has 21 heavy (non-hydrogen) atoms. The first-order valence-electron chi connectivity index (χ1n) is 6.72. The van der Waals surface area contributed by atoms with Crippen LogP contribution in [0.15, 0.2) is 36.4 Å². The van der Waals surface area contributed by atoms with Crippen LogP contribution in [0.4, 0.5) is 0 Å². The van der Waals surface area contributed by atoms with E-state index in [1.807, 2.05) is 12.1 Å². The third kappa shape index (κ3) is 2.92. The summed E-state index contributed by atoms with van der Waals surface area (Å²) in [5.41, 5.74) is 1.14. The smallest absolute Gasteiger partial charge is 0.265 e. The van der Waals surface area contributed by atoms with Crippen molar-refractivity contribution in [3.8, 4) is 0 Å². The van der Waals surface area contributed by atoms with Crippen LogP contribution in [-0.4, -0.2) is 18.7 Å². The third-order valence-corrected chi connectivity index (χ3v) is 5.62. The van der Waals surface area contributed by atoms with Gasteiger partial charge in [-0.05, 0) is 16.8 Å². The van der Waals surface area contributed by atoms with Gasteiger partial charge in [0.05, 0.1) is 11.1 Å². The van der Waals surface area contributed by atoms with Gasteiger partial charge in [-0.2, -0.15) is 8.42 Å². The number of hydrogen-bond acceptors (Lipinski definition) is 3. The molecule has 2 aromatic carbocycles. The van der Waals surface area contributed by atoms with Crippen molar-refractivity contribution in [2.75, 3.05) is 5.75 Å². The minimum Gasteiger partial charge on any atom is -0.286 e.